The van der Waals surface area contributed by atoms with Gasteiger partial charge in [0, 0.05) is 31.0 Å². The van der Waals surface area contributed by atoms with E-state index < -0.39 is 11.8 Å². The summed E-state index contributed by atoms with van der Waals surface area (Å²) in [7, 11) is 0. The van der Waals surface area contributed by atoms with Crippen LogP contribution in [0.15, 0.2) is 48.5 Å². The van der Waals surface area contributed by atoms with Gasteiger partial charge in [-0.3, -0.25) is 14.5 Å². The summed E-state index contributed by atoms with van der Waals surface area (Å²) in [4.78, 5) is 26.7. The maximum Gasteiger partial charge on any atom is 0.313 e. The monoisotopic (exact) mass is 382 g/mol. The first kappa shape index (κ1) is 19.9. The zero-order valence-electron chi connectivity index (χ0n) is 16.0. The number of aryl methyl sites for hydroxylation is 1. The number of nitrogens with zero attached hydrogens (tertiary/aromatic N) is 1. The molecule has 1 unspecified atom stereocenters. The summed E-state index contributed by atoms with van der Waals surface area (Å²) in [5, 5.41) is 5.35. The van der Waals surface area contributed by atoms with Crippen LogP contribution in [0.25, 0.3) is 0 Å². The maximum atomic E-state index is 12.3. The molecule has 0 aliphatic carbocycles. The van der Waals surface area contributed by atoms with Crippen molar-refractivity contribution >= 4 is 23.2 Å². The fraction of sp³-hybridized carbons (Fsp3) is 0.333. The number of rotatable bonds is 5. The molecule has 2 amide bonds. The first-order valence-electron chi connectivity index (χ1n) is 9.36. The van der Waals surface area contributed by atoms with Gasteiger partial charge >= 0.3 is 11.8 Å². The minimum Gasteiger partial charge on any atom is -0.399 e. The van der Waals surface area contributed by atoms with Crippen LogP contribution in [0.2, 0.25) is 0 Å². The molecule has 1 aliphatic heterocycles. The maximum absolute atomic E-state index is 12.3. The smallest absolute Gasteiger partial charge is 0.313 e. The lowest BCUT2D eigenvalue weighted by molar-refractivity contribution is -0.136. The fourth-order valence-electron chi connectivity index (χ4n) is 3.16. The highest BCUT2D eigenvalue weighted by Gasteiger charge is 2.24. The number of hydrogen-bond acceptors (Lipinski definition) is 5. The van der Waals surface area contributed by atoms with Crippen molar-refractivity contribution in [2.75, 3.05) is 43.9 Å². The number of carbonyl (C=O) groups is 2. The molecule has 4 N–H and O–H groups in total. The van der Waals surface area contributed by atoms with Crippen LogP contribution in [0.1, 0.15) is 17.2 Å². The Morgan fingerprint density at radius 1 is 1.04 bits per heavy atom. The lowest BCUT2D eigenvalue weighted by atomic mass is 10.0. The highest BCUT2D eigenvalue weighted by molar-refractivity contribution is 6.39. The lowest BCUT2D eigenvalue weighted by Crippen LogP contribution is -2.45. The number of hydrogen-bond donors (Lipinski definition) is 3. The molecule has 3 rings (SSSR count). The van der Waals surface area contributed by atoms with Crippen molar-refractivity contribution in [3.05, 3.63) is 59.7 Å². The summed E-state index contributed by atoms with van der Waals surface area (Å²) in [5.41, 5.74) is 9.03. The van der Waals surface area contributed by atoms with E-state index in [0.29, 0.717) is 31.1 Å². The standard InChI is InChI=1S/C21H26N4O3/c1-15-2-4-16(5-3-15)19(25-10-12-28-13-11-25)14-23-20(26)21(27)24-18-8-6-17(22)7-9-18/h2-9,19H,10-14,22H2,1H3,(H,23,26)(H,24,27). The Hall–Kier alpha value is -2.90. The highest BCUT2D eigenvalue weighted by atomic mass is 16.5. The molecule has 1 aliphatic rings. The molecule has 7 heteroatoms. The predicted molar refractivity (Wildman–Crippen MR) is 109 cm³/mol. The summed E-state index contributed by atoms with van der Waals surface area (Å²) < 4.78 is 5.44. The highest BCUT2D eigenvalue weighted by Crippen LogP contribution is 2.22. The Labute approximate surface area is 164 Å². The SMILES string of the molecule is Cc1ccc(C(CNC(=O)C(=O)Nc2ccc(N)cc2)N2CCOCC2)cc1. The van der Waals surface area contributed by atoms with Crippen molar-refractivity contribution < 1.29 is 14.3 Å². The van der Waals surface area contributed by atoms with E-state index in [1.54, 1.807) is 24.3 Å². The van der Waals surface area contributed by atoms with Gasteiger partial charge in [0.05, 0.1) is 19.3 Å². The summed E-state index contributed by atoms with van der Waals surface area (Å²) in [5.74, 6) is -1.36. The van der Waals surface area contributed by atoms with Crippen LogP contribution in [-0.4, -0.2) is 49.6 Å². The number of amides is 2. The largest absolute Gasteiger partial charge is 0.399 e. The van der Waals surface area contributed by atoms with Gasteiger partial charge in [-0.15, -0.1) is 0 Å². The van der Waals surface area contributed by atoms with E-state index in [9.17, 15) is 9.59 Å². The van der Waals surface area contributed by atoms with Gasteiger partial charge in [-0.05, 0) is 36.8 Å². The average Bonchev–Trinajstić information content (AvgIpc) is 2.71. The van der Waals surface area contributed by atoms with Gasteiger partial charge in [0.2, 0.25) is 0 Å². The second kappa shape index (κ2) is 9.34. The van der Waals surface area contributed by atoms with Crippen LogP contribution in [0.5, 0.6) is 0 Å². The number of carbonyl (C=O) groups excluding carboxylic acids is 2. The number of nitrogens with one attached hydrogen (secondary N) is 2. The average molecular weight is 382 g/mol. The first-order valence-corrected chi connectivity index (χ1v) is 9.36. The van der Waals surface area contributed by atoms with Crippen LogP contribution in [0.4, 0.5) is 11.4 Å². The molecule has 1 atom stereocenters. The Morgan fingerprint density at radius 2 is 1.68 bits per heavy atom. The topological polar surface area (TPSA) is 96.7 Å². The molecule has 1 heterocycles. The van der Waals surface area contributed by atoms with E-state index in [2.05, 4.69) is 39.8 Å². The van der Waals surface area contributed by atoms with Crippen LogP contribution in [0, 0.1) is 6.92 Å². The molecule has 2 aromatic carbocycles. The molecule has 7 nitrogen and oxygen atoms in total. The van der Waals surface area contributed by atoms with Gasteiger partial charge in [-0.2, -0.15) is 0 Å². The lowest BCUT2D eigenvalue weighted by Gasteiger charge is -2.35. The molecule has 0 radical (unpaired) electrons. The van der Waals surface area contributed by atoms with E-state index in [-0.39, 0.29) is 6.04 Å². The third-order valence-corrected chi connectivity index (χ3v) is 4.78. The fourth-order valence-corrected chi connectivity index (χ4v) is 3.16. The van der Waals surface area contributed by atoms with Gasteiger partial charge in [-0.1, -0.05) is 29.8 Å². The van der Waals surface area contributed by atoms with Gasteiger partial charge in [-0.25, -0.2) is 0 Å². The number of benzene rings is 2. The van der Waals surface area contributed by atoms with Gasteiger partial charge < -0.3 is 21.1 Å². The quantitative estimate of drug-likeness (QED) is 0.540. The van der Waals surface area contributed by atoms with Crippen molar-refractivity contribution in [3.63, 3.8) is 0 Å². The number of morpholine rings is 1. The third-order valence-electron chi connectivity index (χ3n) is 4.78. The van der Waals surface area contributed by atoms with Crippen molar-refractivity contribution in [1.29, 1.82) is 0 Å². The Morgan fingerprint density at radius 3 is 2.32 bits per heavy atom. The van der Waals surface area contributed by atoms with Gasteiger partial charge in [0.25, 0.3) is 0 Å². The van der Waals surface area contributed by atoms with Crippen molar-refractivity contribution in [3.8, 4) is 0 Å². The second-order valence-corrected chi connectivity index (χ2v) is 6.86. The third kappa shape index (κ3) is 5.31. The first-order chi connectivity index (χ1) is 13.5. The van der Waals surface area contributed by atoms with Crippen LogP contribution < -0.4 is 16.4 Å². The number of nitrogens with two attached hydrogens (primary N) is 1. The molecule has 0 bridgehead atoms. The Balaban J connectivity index is 1.63. The van der Waals surface area contributed by atoms with E-state index in [1.165, 1.54) is 5.56 Å². The summed E-state index contributed by atoms with van der Waals surface area (Å²) in [6, 6.07) is 14.9. The number of nitrogen functional groups attached to an aromatic ring is 1. The number of anilines is 2. The molecule has 148 valence electrons. The van der Waals surface area contributed by atoms with Crippen molar-refractivity contribution in [2.24, 2.45) is 0 Å². The zero-order chi connectivity index (χ0) is 19.9. The minimum absolute atomic E-state index is 0.0160. The molecule has 0 aromatic heterocycles. The van der Waals surface area contributed by atoms with Crippen molar-refractivity contribution in [2.45, 2.75) is 13.0 Å². The molecular weight excluding hydrogens is 356 g/mol. The number of ether oxygens (including phenoxy) is 1. The summed E-state index contributed by atoms with van der Waals surface area (Å²) in [6.07, 6.45) is 0. The van der Waals surface area contributed by atoms with E-state index >= 15 is 0 Å². The van der Waals surface area contributed by atoms with Gasteiger partial charge in [0.15, 0.2) is 0 Å². The normalized spacial score (nSPS) is 15.6. The van der Waals surface area contributed by atoms with Crippen molar-refractivity contribution in [1.82, 2.24) is 10.2 Å². The molecule has 1 saturated heterocycles. The van der Waals surface area contributed by atoms with Gasteiger partial charge in [0.1, 0.15) is 0 Å². The van der Waals surface area contributed by atoms with Crippen LogP contribution in [-0.2, 0) is 14.3 Å². The van der Waals surface area contributed by atoms with E-state index in [0.717, 1.165) is 18.7 Å². The van der Waals surface area contributed by atoms with E-state index in [1.807, 2.05) is 6.92 Å². The molecule has 0 saturated carbocycles. The molecule has 2 aromatic rings. The van der Waals surface area contributed by atoms with E-state index in [4.69, 9.17) is 10.5 Å². The summed E-state index contributed by atoms with van der Waals surface area (Å²) in [6.45, 7) is 5.27. The van der Waals surface area contributed by atoms with Crippen LogP contribution in [0.3, 0.4) is 0 Å². The molecule has 1 fully saturated rings. The van der Waals surface area contributed by atoms with Crippen LogP contribution >= 0.6 is 0 Å². The minimum atomic E-state index is -0.700. The Bertz CT molecular complexity index is 799. The molecule has 28 heavy (non-hydrogen) atoms. The second-order valence-electron chi connectivity index (χ2n) is 6.86. The predicted octanol–water partition coefficient (Wildman–Crippen LogP) is 1.71. The zero-order valence-corrected chi connectivity index (χ0v) is 16.0. The molecule has 0 spiro atoms. The Kier molecular flexibility index (Phi) is 6.62. The summed E-state index contributed by atoms with van der Waals surface area (Å²) >= 11 is 0. The molecular formula is C21H26N4O3.